The smallest absolute Gasteiger partial charge is 0.337 e. The maximum Gasteiger partial charge on any atom is 0.337 e. The van der Waals surface area contributed by atoms with Crippen LogP contribution in [0.25, 0.3) is 50.9 Å². The number of rotatable bonds is 19. The van der Waals surface area contributed by atoms with Crippen molar-refractivity contribution >= 4 is 69.6 Å². The van der Waals surface area contributed by atoms with Crippen LogP contribution in [0.3, 0.4) is 0 Å². The van der Waals surface area contributed by atoms with Crippen LogP contribution in [0.2, 0.25) is 0 Å². The van der Waals surface area contributed by atoms with Crippen LogP contribution in [0, 0.1) is 13.8 Å². The number of carbonyl (C=O) groups excluding carboxylic acids is 3. The van der Waals surface area contributed by atoms with Crippen molar-refractivity contribution in [3.63, 3.8) is 0 Å². The standard InChI is InChI=1S/C30H30N4.C22H40N4O3.CH2O.Fe/c1-8-22-18(6)26-15-28-23(9-2)19(7)30(34-28)24(10-3)29-17(5)12-21(32-29)13-20-11-16(4)25(31-20)14-27(22)33-26;1-5-7-8-9-10-11-12-13-14-18(3)29-21(28)22(20(23)27,26(4)6-2)15-19-16-24-17-25-19;1-2;/h8-9,11-15,31,33H,1-2,10H2,3-7H3;16-18H,5-15H2,1-4H3,(H2,23,27)(H,24,25);1H2;/t;18?,22-;;/m.1../s1/i;27+2;;. The Morgan fingerprint density at radius 3 is 2.18 bits per heavy atom. The average molecular weight is 943 g/mol. The molecular formula is C53H72FeN8O4. The molecule has 6 heterocycles. The first kappa shape index (κ1) is 54.7. The van der Waals surface area contributed by atoms with Gasteiger partial charge >= 0.3 is 5.97 Å². The summed E-state index contributed by atoms with van der Waals surface area (Å²) in [6, 6.07) is 8.56. The van der Waals surface area contributed by atoms with E-state index in [4.69, 9.17) is 25.2 Å². The number of unbranched alkanes of at least 4 members (excludes halogenated alkanes) is 7. The van der Waals surface area contributed by atoms with E-state index in [0.717, 1.165) is 104 Å². The van der Waals surface area contributed by atoms with E-state index in [9.17, 15) is 9.59 Å². The number of nitrogens with one attached hydrogen (secondary N) is 3. The number of esters is 1. The second-order valence-electron chi connectivity index (χ2n) is 17.1. The van der Waals surface area contributed by atoms with Gasteiger partial charge in [-0.25, -0.2) is 19.7 Å². The number of nitrogens with two attached hydrogens (primary N) is 1. The Bertz CT molecular complexity index is 2530. The molecule has 0 aliphatic carbocycles. The van der Waals surface area contributed by atoms with E-state index in [1.165, 1.54) is 50.4 Å². The van der Waals surface area contributed by atoms with Crippen LogP contribution >= 0.6 is 0 Å². The summed E-state index contributed by atoms with van der Waals surface area (Å²) in [5, 5.41) is 0. The molecular weight excluding hydrogens is 870 g/mol. The van der Waals surface area contributed by atoms with Crippen LogP contribution in [0.4, 0.5) is 0 Å². The van der Waals surface area contributed by atoms with E-state index >= 15 is 0 Å². The number of aromatic amines is 3. The summed E-state index contributed by atoms with van der Waals surface area (Å²) in [5.74, 6) is -1.29. The number of likely N-dealkylation sites (N-methyl/N-ethyl adjacent to an activating group) is 1. The number of nitrogens with zero attached hydrogens (tertiary/aromatic N) is 4. The molecule has 4 aromatic heterocycles. The van der Waals surface area contributed by atoms with E-state index in [-0.39, 0.29) is 29.6 Å². The number of aromatic nitrogens is 6. The van der Waals surface area contributed by atoms with Gasteiger partial charge in [-0.15, -0.1) is 0 Å². The molecule has 2 atom stereocenters. The van der Waals surface area contributed by atoms with Crippen molar-refractivity contribution in [2.45, 2.75) is 138 Å². The van der Waals surface area contributed by atoms with Crippen molar-refractivity contribution in [2.75, 3.05) is 13.6 Å². The SMILES string of the molecule is C=CC1=C(C)c2nc1cc1[nH]c(cc3[nH]c(cc4nc(c2CC)C(C)=C4)cc3C)c(C=C)c1C.C=O.CCCCCCCCCCC(C)OC(=O)[C@@](Cc1cnc[nH]1)(C(N)=[18O])N(C)CC.[Fe]. The van der Waals surface area contributed by atoms with E-state index in [1.54, 1.807) is 18.1 Å². The zero-order valence-corrected chi connectivity index (χ0v) is 41.8. The molecule has 13 heteroatoms. The Morgan fingerprint density at radius 2 is 1.59 bits per heavy atom. The van der Waals surface area contributed by atoms with Gasteiger partial charge in [-0.05, 0) is 120 Å². The van der Waals surface area contributed by atoms with Crippen molar-refractivity contribution in [3.05, 3.63) is 107 Å². The fraction of sp³-hybridized carbons (Fsp3) is 0.434. The quantitative estimate of drug-likeness (QED) is 0.0236. The molecule has 1 amide bonds. The van der Waals surface area contributed by atoms with Gasteiger partial charge in [-0.2, -0.15) is 0 Å². The molecule has 0 radical (unpaired) electrons. The van der Waals surface area contributed by atoms with Crippen LogP contribution in [-0.2, 0) is 49.0 Å². The third-order valence-corrected chi connectivity index (χ3v) is 12.5. The molecule has 6 rings (SSSR count). The summed E-state index contributed by atoms with van der Waals surface area (Å²) in [6.45, 7) is 27.3. The summed E-state index contributed by atoms with van der Waals surface area (Å²) in [7, 11) is 1.71. The first-order valence-corrected chi connectivity index (χ1v) is 23.1. The molecule has 66 heavy (non-hydrogen) atoms. The van der Waals surface area contributed by atoms with Crippen LogP contribution in [-0.4, -0.2) is 78.7 Å². The number of allylic oxidation sites excluding steroid dienone is 4. The largest absolute Gasteiger partial charge is 0.461 e. The minimum absolute atomic E-state index is 0. The zero-order valence-electron chi connectivity index (χ0n) is 40.7. The number of hydrogen-bond donors (Lipinski definition) is 4. The van der Waals surface area contributed by atoms with Gasteiger partial charge in [0.25, 0.3) is 0 Å². The van der Waals surface area contributed by atoms with Crippen molar-refractivity contribution in [2.24, 2.45) is 5.73 Å². The Kier molecular flexibility index (Phi) is 21.5. The first-order valence-electron chi connectivity index (χ1n) is 23.1. The van der Waals surface area contributed by atoms with Crippen molar-refractivity contribution in [1.29, 1.82) is 0 Å². The number of imidazole rings is 1. The van der Waals surface area contributed by atoms with Crippen LogP contribution in [0.15, 0.2) is 56.0 Å². The predicted molar refractivity (Wildman–Crippen MR) is 269 cm³/mol. The molecule has 0 saturated carbocycles. The molecule has 5 N–H and O–H groups in total. The summed E-state index contributed by atoms with van der Waals surface area (Å²) >= 11 is 0. The van der Waals surface area contributed by atoms with Gasteiger partial charge in [0, 0.05) is 74.1 Å². The van der Waals surface area contributed by atoms with Crippen LogP contribution < -0.4 is 5.73 Å². The molecule has 0 aromatic carbocycles. The van der Waals surface area contributed by atoms with Gasteiger partial charge in [-0.3, -0.25) is 9.69 Å². The number of ether oxygens (including phenoxy) is 1. The number of fused-ring (bicyclic) bond motifs is 8. The topological polar surface area (TPSA) is 176 Å². The van der Waals surface area contributed by atoms with E-state index < -0.39 is 17.4 Å². The Balaban J connectivity index is 0.000000338. The molecule has 1 unspecified atom stereocenters. The maximum absolute atomic E-state index is 13.1. The number of primary amides is 1. The van der Waals surface area contributed by atoms with Crippen molar-refractivity contribution in [3.8, 4) is 0 Å². The monoisotopic (exact) mass is 943 g/mol. The minimum Gasteiger partial charge on any atom is -0.461 e. The fourth-order valence-electron chi connectivity index (χ4n) is 8.63. The molecule has 2 aliphatic rings. The van der Waals surface area contributed by atoms with Gasteiger partial charge in [0.05, 0.1) is 35.2 Å². The summed E-state index contributed by atoms with van der Waals surface area (Å²) in [4.78, 5) is 59.4. The summed E-state index contributed by atoms with van der Waals surface area (Å²) < 4.78 is 5.69. The van der Waals surface area contributed by atoms with E-state index in [1.807, 2.05) is 32.8 Å². The third kappa shape index (κ3) is 12.8. The number of carbonyl (C=O) groups is 3. The van der Waals surface area contributed by atoms with Crippen molar-refractivity contribution in [1.82, 2.24) is 34.8 Å². The first-order chi connectivity index (χ1) is 31.2. The minimum atomic E-state index is -1.55. The predicted octanol–water partition coefficient (Wildman–Crippen LogP) is 11.2. The van der Waals surface area contributed by atoms with Gasteiger partial charge < -0.3 is 30.2 Å². The van der Waals surface area contributed by atoms with Gasteiger partial charge in [0.15, 0.2) is 0 Å². The Morgan fingerprint density at radius 1 is 0.909 bits per heavy atom. The molecule has 2 aliphatic heterocycles. The Labute approximate surface area is 402 Å². The third-order valence-electron chi connectivity index (χ3n) is 12.5. The van der Waals surface area contributed by atoms with Crippen molar-refractivity contribution < 1.29 is 36.2 Å². The van der Waals surface area contributed by atoms with Gasteiger partial charge in [0.2, 0.25) is 11.4 Å². The molecule has 0 fully saturated rings. The van der Waals surface area contributed by atoms with Gasteiger partial charge in [0.1, 0.15) is 6.79 Å². The molecule has 4 aromatic rings. The normalized spacial score (nSPS) is 13.3. The molecule has 12 nitrogen and oxygen atoms in total. The Hall–Kier alpha value is -5.62. The zero-order chi connectivity index (χ0) is 47.8. The van der Waals surface area contributed by atoms with Gasteiger partial charge in [-0.1, -0.05) is 91.0 Å². The number of hydrogen-bond acceptors (Lipinski definition) is 8. The van der Waals surface area contributed by atoms with Crippen LogP contribution in [0.1, 0.15) is 150 Å². The number of H-pyrrole nitrogens is 3. The second kappa shape index (κ2) is 25.9. The van der Waals surface area contributed by atoms with E-state index in [2.05, 4.69) is 105 Å². The number of aryl methyl sites for hydroxylation is 2. The molecule has 0 spiro atoms. The van der Waals surface area contributed by atoms with E-state index in [0.29, 0.717) is 12.2 Å². The average Bonchev–Trinajstić information content (AvgIpc) is 4.12. The fourth-order valence-corrected chi connectivity index (χ4v) is 8.63. The summed E-state index contributed by atoms with van der Waals surface area (Å²) in [6.07, 6.45) is 20.4. The second-order valence-corrected chi connectivity index (χ2v) is 17.1. The number of amides is 1. The maximum atomic E-state index is 13.1. The molecule has 356 valence electrons. The van der Waals surface area contributed by atoms with Crippen LogP contribution in [0.5, 0.6) is 0 Å². The summed E-state index contributed by atoms with van der Waals surface area (Å²) in [5.41, 5.74) is 20.8. The molecule has 8 bridgehead atoms. The molecule has 0 saturated heterocycles.